The Balaban J connectivity index is 0. The van der Waals surface area contributed by atoms with Crippen molar-refractivity contribution in [3.8, 4) is 0 Å². The normalized spacial score (nSPS) is 9.33. The third kappa shape index (κ3) is 716. The second-order valence-corrected chi connectivity index (χ2v) is 2.89. The van der Waals surface area contributed by atoms with E-state index in [-0.39, 0.29) is 5.48 Å². The molecule has 0 aromatic rings. The van der Waals surface area contributed by atoms with Gasteiger partial charge in [-0.15, -0.1) is 0 Å². The second-order valence-electron chi connectivity index (χ2n) is 0.354. The molecular weight excluding hydrogens is 270 g/mol. The molecule has 0 fully saturated rings. The van der Waals surface area contributed by atoms with Crippen molar-refractivity contribution in [3.63, 3.8) is 0 Å². The molecule has 5 nitrogen and oxygen atoms in total. The van der Waals surface area contributed by atoms with E-state index in [4.69, 9.17) is 14.2 Å². The molecule has 0 radical (unpaired) electrons. The van der Waals surface area contributed by atoms with E-state index in [1.807, 2.05) is 0 Å². The predicted molar refractivity (Wildman–Crippen MR) is 6.36 cm³/mol. The first-order chi connectivity index (χ1) is 2.00. The van der Waals surface area contributed by atoms with Gasteiger partial charge in [-0.3, -0.25) is 0 Å². The Labute approximate surface area is 35.3 Å². The van der Waals surface area contributed by atoms with E-state index >= 15 is 0 Å². The van der Waals surface area contributed by atoms with Crippen molar-refractivity contribution in [1.82, 2.24) is 0 Å². The zero-order valence-corrected chi connectivity index (χ0v) is 5.03. The van der Waals surface area contributed by atoms with Crippen LogP contribution in [-0.2, 0) is 29.0 Å². The van der Waals surface area contributed by atoms with Crippen LogP contribution in [0.3, 0.4) is 0 Å². The zero-order valence-electron chi connectivity index (χ0n) is 2.49. The molecule has 0 aliphatic rings. The van der Waals surface area contributed by atoms with Crippen molar-refractivity contribution in [2.24, 2.45) is 0 Å². The van der Waals surface area contributed by atoms with Crippen LogP contribution >= 0.6 is 0 Å². The molecule has 2 N–H and O–H groups in total. The number of rotatable bonds is 0. The van der Waals surface area contributed by atoms with Gasteiger partial charge in [0, 0.05) is 0 Å². The predicted octanol–water partition coefficient (Wildman–Crippen LogP) is -1.30. The summed E-state index contributed by atoms with van der Waals surface area (Å²) in [7, 11) is 0. The van der Waals surface area contributed by atoms with Crippen molar-refractivity contribution < 1.29 is 34.5 Å². The van der Waals surface area contributed by atoms with Gasteiger partial charge < -0.3 is 5.48 Å². The van der Waals surface area contributed by atoms with Crippen molar-refractivity contribution >= 4 is 0 Å². The summed E-state index contributed by atoms with van der Waals surface area (Å²) in [4.78, 5) is 0. The summed E-state index contributed by atoms with van der Waals surface area (Å²) >= 11 is -6.06. The Morgan fingerprint density at radius 1 is 0.833 bits per heavy atom. The molecule has 0 saturated heterocycles. The monoisotopic (exact) mass is 274 g/mol. The summed E-state index contributed by atoms with van der Waals surface area (Å²) in [5.74, 6) is 0. The van der Waals surface area contributed by atoms with Gasteiger partial charge >= 0.3 is 29.0 Å². The van der Waals surface area contributed by atoms with Crippen LogP contribution in [0.15, 0.2) is 0 Å². The molecule has 0 spiro atoms. The van der Waals surface area contributed by atoms with Crippen LogP contribution in [0.2, 0.25) is 0 Å². The molecule has 0 aliphatic heterocycles. The molecule has 0 rings (SSSR count). The topological polar surface area (TPSA) is 99.8 Å². The summed E-state index contributed by atoms with van der Waals surface area (Å²) in [6.07, 6.45) is 0. The molecule has 0 aliphatic carbocycles. The molecule has 0 unspecified atom stereocenters. The first-order valence-corrected chi connectivity index (χ1v) is 4.73. The van der Waals surface area contributed by atoms with E-state index < -0.39 is 14.8 Å². The first kappa shape index (κ1) is 9.25. The van der Waals surface area contributed by atoms with E-state index in [1.54, 1.807) is 0 Å². The fourth-order valence-corrected chi connectivity index (χ4v) is 0. The number of hydrogen-bond donors (Lipinski definition) is 0. The first-order valence-electron chi connectivity index (χ1n) is 0.577. The van der Waals surface area contributed by atoms with Gasteiger partial charge in [0.15, 0.2) is 0 Å². The summed E-state index contributed by atoms with van der Waals surface area (Å²) in [5.41, 5.74) is 0. The molecule has 0 heterocycles. The fourth-order valence-electron chi connectivity index (χ4n) is 0. The average molecular weight is 272 g/mol. The van der Waals surface area contributed by atoms with Gasteiger partial charge in [-0.05, 0) is 0 Å². The zero-order chi connectivity index (χ0) is 4.50. The van der Waals surface area contributed by atoms with Crippen LogP contribution in [-0.4, -0.2) is 5.48 Å². The van der Waals surface area contributed by atoms with E-state index in [2.05, 4.69) is 0 Å². The van der Waals surface area contributed by atoms with Gasteiger partial charge in [-0.2, -0.15) is 0 Å². The molecule has 0 bridgehead atoms. The van der Waals surface area contributed by atoms with E-state index in [0.29, 0.717) is 0 Å². The molecule has 0 amide bonds. The SMILES string of the molecule is O.[O]=[Os](=[O])(=[O])=[O]. The maximum atomic E-state index is 8.63. The van der Waals surface area contributed by atoms with Crippen LogP contribution in [0.4, 0.5) is 0 Å². The Morgan fingerprint density at radius 2 is 0.833 bits per heavy atom. The Bertz CT molecular complexity index is 155. The third-order valence-electron chi connectivity index (χ3n) is 0. The Hall–Kier alpha value is -0.204. The molecular formula is H2O5Os. The van der Waals surface area contributed by atoms with Crippen LogP contribution in [0.5, 0.6) is 0 Å². The molecule has 6 heteroatoms. The molecule has 0 atom stereocenters. The van der Waals surface area contributed by atoms with Gasteiger partial charge in [-0.1, -0.05) is 0 Å². The van der Waals surface area contributed by atoms with Crippen molar-refractivity contribution in [1.29, 1.82) is 0 Å². The minimum atomic E-state index is -6.06. The van der Waals surface area contributed by atoms with Crippen molar-refractivity contribution in [3.05, 3.63) is 0 Å². The Kier molecular flexibility index (Phi) is 3.17. The minimum absolute atomic E-state index is 0. The second kappa shape index (κ2) is 2.06. The Morgan fingerprint density at radius 3 is 0.833 bits per heavy atom. The molecule has 40 valence electrons. The number of hydrogen-bond acceptors (Lipinski definition) is 4. The van der Waals surface area contributed by atoms with Gasteiger partial charge in [0.2, 0.25) is 0 Å². The van der Waals surface area contributed by atoms with E-state index in [0.717, 1.165) is 0 Å². The molecule has 0 aromatic heterocycles. The van der Waals surface area contributed by atoms with E-state index in [1.165, 1.54) is 0 Å². The van der Waals surface area contributed by atoms with Gasteiger partial charge in [-0.25, -0.2) is 0 Å². The van der Waals surface area contributed by atoms with Gasteiger partial charge in [0.25, 0.3) is 0 Å². The van der Waals surface area contributed by atoms with Gasteiger partial charge in [0.1, 0.15) is 0 Å². The summed E-state index contributed by atoms with van der Waals surface area (Å²) in [6.45, 7) is 0. The maximum absolute atomic E-state index is 8.63. The molecule has 0 aromatic carbocycles. The molecule has 6 heavy (non-hydrogen) atoms. The quantitative estimate of drug-likeness (QED) is 0.547. The summed E-state index contributed by atoms with van der Waals surface area (Å²) in [5, 5.41) is 0. The van der Waals surface area contributed by atoms with Crippen molar-refractivity contribution in [2.75, 3.05) is 0 Å². The average Bonchev–Trinajstić information content (AvgIpc) is 0.722. The molecule has 0 saturated carbocycles. The van der Waals surface area contributed by atoms with Crippen LogP contribution in [0.1, 0.15) is 0 Å². The third-order valence-corrected chi connectivity index (χ3v) is 0. The van der Waals surface area contributed by atoms with Crippen molar-refractivity contribution in [2.45, 2.75) is 0 Å². The van der Waals surface area contributed by atoms with Crippen LogP contribution < -0.4 is 0 Å². The fraction of sp³-hybridized carbons (Fsp3) is 0. The summed E-state index contributed by atoms with van der Waals surface area (Å²) < 4.78 is 34.5. The van der Waals surface area contributed by atoms with Crippen LogP contribution in [0, 0.1) is 0 Å². The van der Waals surface area contributed by atoms with Crippen LogP contribution in [0.25, 0.3) is 0 Å². The van der Waals surface area contributed by atoms with Gasteiger partial charge in [0.05, 0.1) is 0 Å². The standard InChI is InChI=1S/H2O.4O.Os/h1H2;;;;;. The van der Waals surface area contributed by atoms with E-state index in [9.17, 15) is 0 Å². The summed E-state index contributed by atoms with van der Waals surface area (Å²) in [6, 6.07) is 0.